The van der Waals surface area contributed by atoms with Gasteiger partial charge >= 0.3 is 6.18 Å². The van der Waals surface area contributed by atoms with Gasteiger partial charge in [-0.25, -0.2) is 0 Å². The van der Waals surface area contributed by atoms with Crippen molar-refractivity contribution in [3.05, 3.63) is 0 Å². The third kappa shape index (κ3) is 7.90. The Hall–Kier alpha value is -0.330. The first-order valence-electron chi connectivity index (χ1n) is 5.44. The lowest BCUT2D eigenvalue weighted by Gasteiger charge is -2.18. The quantitative estimate of drug-likeness (QED) is 0.629. The van der Waals surface area contributed by atoms with Crippen LogP contribution >= 0.6 is 0 Å². The number of nitrogens with two attached hydrogens (primary N) is 1. The Bertz CT molecular complexity index is 165. The minimum absolute atomic E-state index is 0.177. The lowest BCUT2D eigenvalue weighted by molar-refractivity contribution is -0.186. The topological polar surface area (TPSA) is 44.5 Å². The zero-order chi connectivity index (χ0) is 12.4. The summed E-state index contributed by atoms with van der Waals surface area (Å²) < 4.78 is 46.6. The average molecular weight is 243 g/mol. The first kappa shape index (κ1) is 15.7. The van der Waals surface area contributed by atoms with Crippen LogP contribution < -0.4 is 5.73 Å². The van der Waals surface area contributed by atoms with E-state index in [1.807, 2.05) is 6.92 Å². The van der Waals surface area contributed by atoms with Crippen LogP contribution in [0.2, 0.25) is 0 Å². The monoisotopic (exact) mass is 243 g/mol. The predicted molar refractivity (Wildman–Crippen MR) is 55.1 cm³/mol. The summed E-state index contributed by atoms with van der Waals surface area (Å²) in [6, 6.07) is 0. The fraction of sp³-hybridized carbons (Fsp3) is 1.00. The highest BCUT2D eigenvalue weighted by Gasteiger charge is 2.38. The maximum absolute atomic E-state index is 12.2. The summed E-state index contributed by atoms with van der Waals surface area (Å²) in [7, 11) is 0. The summed E-state index contributed by atoms with van der Waals surface area (Å²) in [5, 5.41) is 0. The van der Waals surface area contributed by atoms with Gasteiger partial charge in [-0.15, -0.1) is 0 Å². The number of halogens is 3. The van der Waals surface area contributed by atoms with E-state index in [9.17, 15) is 13.2 Å². The Morgan fingerprint density at radius 1 is 1.12 bits per heavy atom. The number of rotatable bonds is 9. The SMILES string of the molecule is CCCCOCCOCC(CN)C(F)(F)F. The van der Waals surface area contributed by atoms with Crippen molar-refractivity contribution in [2.75, 3.05) is 33.0 Å². The molecule has 1 atom stereocenters. The lowest BCUT2D eigenvalue weighted by Crippen LogP contribution is -2.34. The van der Waals surface area contributed by atoms with E-state index >= 15 is 0 Å². The largest absolute Gasteiger partial charge is 0.395 e. The molecule has 0 radical (unpaired) electrons. The number of hydrogen-bond donors (Lipinski definition) is 1. The molecule has 0 aromatic heterocycles. The maximum atomic E-state index is 12.2. The molecule has 0 aromatic carbocycles. The van der Waals surface area contributed by atoms with Gasteiger partial charge < -0.3 is 15.2 Å². The van der Waals surface area contributed by atoms with Crippen LogP contribution in [0.5, 0.6) is 0 Å². The Labute approximate surface area is 94.1 Å². The lowest BCUT2D eigenvalue weighted by atomic mass is 10.1. The van der Waals surface area contributed by atoms with Crippen molar-refractivity contribution in [2.45, 2.75) is 25.9 Å². The fourth-order valence-corrected chi connectivity index (χ4v) is 0.988. The maximum Gasteiger partial charge on any atom is 0.395 e. The summed E-state index contributed by atoms with van der Waals surface area (Å²) in [5.41, 5.74) is 5.01. The highest BCUT2D eigenvalue weighted by Crippen LogP contribution is 2.25. The minimum Gasteiger partial charge on any atom is -0.379 e. The molecule has 0 fully saturated rings. The number of unbranched alkanes of at least 4 members (excludes halogenated alkanes) is 1. The summed E-state index contributed by atoms with van der Waals surface area (Å²) in [6.07, 6.45) is -2.30. The van der Waals surface area contributed by atoms with Crippen LogP contribution in [0.4, 0.5) is 13.2 Å². The molecule has 3 nitrogen and oxygen atoms in total. The molecule has 0 aliphatic carbocycles. The summed E-state index contributed by atoms with van der Waals surface area (Å²) >= 11 is 0. The molecule has 2 N–H and O–H groups in total. The third-order valence-electron chi connectivity index (χ3n) is 2.08. The second-order valence-corrected chi connectivity index (χ2v) is 3.52. The molecule has 16 heavy (non-hydrogen) atoms. The van der Waals surface area contributed by atoms with Crippen molar-refractivity contribution in [1.82, 2.24) is 0 Å². The van der Waals surface area contributed by atoms with Gasteiger partial charge in [0.25, 0.3) is 0 Å². The van der Waals surface area contributed by atoms with Crippen LogP contribution in [0, 0.1) is 5.92 Å². The van der Waals surface area contributed by atoms with Gasteiger partial charge in [-0.3, -0.25) is 0 Å². The molecule has 0 aromatic rings. The second-order valence-electron chi connectivity index (χ2n) is 3.52. The molecule has 1 unspecified atom stereocenters. The third-order valence-corrected chi connectivity index (χ3v) is 2.08. The normalized spacial score (nSPS) is 14.1. The summed E-state index contributed by atoms with van der Waals surface area (Å²) in [6.45, 7) is 2.33. The van der Waals surface area contributed by atoms with E-state index in [2.05, 4.69) is 0 Å². The van der Waals surface area contributed by atoms with Crippen LogP contribution in [0.25, 0.3) is 0 Å². The van der Waals surface area contributed by atoms with Crippen molar-refractivity contribution >= 4 is 0 Å². The molecule has 0 rings (SSSR count). The molecule has 0 saturated carbocycles. The first-order chi connectivity index (χ1) is 7.52. The number of hydrogen-bond acceptors (Lipinski definition) is 3. The minimum atomic E-state index is -4.28. The molecule has 0 spiro atoms. The van der Waals surface area contributed by atoms with Gasteiger partial charge in [-0.1, -0.05) is 13.3 Å². The van der Waals surface area contributed by atoms with E-state index < -0.39 is 25.2 Å². The molecule has 0 heterocycles. The van der Waals surface area contributed by atoms with Gasteiger partial charge in [0.15, 0.2) is 0 Å². The van der Waals surface area contributed by atoms with E-state index in [4.69, 9.17) is 15.2 Å². The van der Waals surface area contributed by atoms with Gasteiger partial charge in [0.05, 0.1) is 25.7 Å². The standard InChI is InChI=1S/C10H20F3NO2/c1-2-3-4-15-5-6-16-8-9(7-14)10(11,12)13/h9H,2-8,14H2,1H3. The molecule has 0 bridgehead atoms. The van der Waals surface area contributed by atoms with Crippen molar-refractivity contribution < 1.29 is 22.6 Å². The van der Waals surface area contributed by atoms with Crippen LogP contribution in [0.3, 0.4) is 0 Å². The van der Waals surface area contributed by atoms with Gasteiger partial charge in [-0.05, 0) is 6.42 Å². The van der Waals surface area contributed by atoms with Crippen LogP contribution in [0.15, 0.2) is 0 Å². The van der Waals surface area contributed by atoms with E-state index in [1.165, 1.54) is 0 Å². The molecule has 0 aliphatic rings. The van der Waals surface area contributed by atoms with E-state index in [-0.39, 0.29) is 6.61 Å². The van der Waals surface area contributed by atoms with Crippen LogP contribution in [0.1, 0.15) is 19.8 Å². The van der Waals surface area contributed by atoms with Crippen molar-refractivity contribution in [1.29, 1.82) is 0 Å². The molecular weight excluding hydrogens is 223 g/mol. The first-order valence-corrected chi connectivity index (χ1v) is 5.44. The molecular formula is C10H20F3NO2. The van der Waals surface area contributed by atoms with Crippen LogP contribution in [-0.2, 0) is 9.47 Å². The molecule has 0 saturated heterocycles. The number of alkyl halides is 3. The summed E-state index contributed by atoms with van der Waals surface area (Å²) in [5.74, 6) is -1.58. The van der Waals surface area contributed by atoms with E-state index in [1.54, 1.807) is 0 Å². The Kier molecular flexibility index (Phi) is 8.60. The molecule has 0 amide bonds. The van der Waals surface area contributed by atoms with Crippen molar-refractivity contribution in [3.8, 4) is 0 Å². The van der Waals surface area contributed by atoms with E-state index in [0.717, 1.165) is 12.8 Å². The Morgan fingerprint density at radius 3 is 2.25 bits per heavy atom. The highest BCUT2D eigenvalue weighted by molar-refractivity contribution is 4.67. The molecule has 98 valence electrons. The predicted octanol–water partition coefficient (Wildman–Crippen LogP) is 1.96. The molecule has 6 heteroatoms. The smallest absolute Gasteiger partial charge is 0.379 e. The molecule has 0 aliphatic heterocycles. The van der Waals surface area contributed by atoms with Gasteiger partial charge in [0.1, 0.15) is 0 Å². The zero-order valence-electron chi connectivity index (χ0n) is 9.55. The van der Waals surface area contributed by atoms with E-state index in [0.29, 0.717) is 13.2 Å². The van der Waals surface area contributed by atoms with Crippen molar-refractivity contribution in [3.63, 3.8) is 0 Å². The van der Waals surface area contributed by atoms with Crippen molar-refractivity contribution in [2.24, 2.45) is 11.7 Å². The zero-order valence-corrected chi connectivity index (χ0v) is 9.55. The fourth-order valence-electron chi connectivity index (χ4n) is 0.988. The average Bonchev–Trinajstić information content (AvgIpc) is 2.20. The highest BCUT2D eigenvalue weighted by atomic mass is 19.4. The number of ether oxygens (including phenoxy) is 2. The Morgan fingerprint density at radius 2 is 1.75 bits per heavy atom. The van der Waals surface area contributed by atoms with Gasteiger partial charge in [0, 0.05) is 13.2 Å². The van der Waals surface area contributed by atoms with Crippen LogP contribution in [-0.4, -0.2) is 39.1 Å². The Balaban J connectivity index is 3.42. The van der Waals surface area contributed by atoms with Gasteiger partial charge in [-0.2, -0.15) is 13.2 Å². The van der Waals surface area contributed by atoms with Gasteiger partial charge in [0.2, 0.25) is 0 Å². The summed E-state index contributed by atoms with van der Waals surface area (Å²) in [4.78, 5) is 0. The second kappa shape index (κ2) is 8.78.